The second-order valence-electron chi connectivity index (χ2n) is 17.3. The molecule has 7 heteroatoms. The zero-order valence-electron chi connectivity index (χ0n) is 28.7. The number of nitrogens with one attached hydrogen (secondary N) is 2. The van der Waals surface area contributed by atoms with Crippen LogP contribution < -0.4 is 10.6 Å². The predicted molar refractivity (Wildman–Crippen MR) is 180 cm³/mol. The van der Waals surface area contributed by atoms with Crippen molar-refractivity contribution in [2.45, 2.75) is 111 Å². The molecule has 1 heterocycles. The summed E-state index contributed by atoms with van der Waals surface area (Å²) in [4.78, 5) is 39.0. The summed E-state index contributed by atoms with van der Waals surface area (Å²) in [5, 5.41) is 16.0. The second-order valence-corrected chi connectivity index (χ2v) is 17.3. The number of amides is 3. The van der Waals surface area contributed by atoms with Crippen molar-refractivity contribution in [2.24, 2.45) is 45.3 Å². The van der Waals surface area contributed by atoms with E-state index in [1.54, 1.807) is 12.1 Å². The number of carboxylic acid groups (broad SMARTS) is 1. The van der Waals surface area contributed by atoms with Crippen molar-refractivity contribution in [3.05, 3.63) is 41.5 Å². The molecule has 250 valence electrons. The Balaban J connectivity index is 1.14. The number of benzene rings is 1. The Morgan fingerprint density at radius 1 is 0.870 bits per heavy atom. The van der Waals surface area contributed by atoms with E-state index in [4.69, 9.17) is 0 Å². The smallest absolute Gasteiger partial charge is 0.335 e. The Hall–Kier alpha value is -2.83. The van der Waals surface area contributed by atoms with E-state index in [1.165, 1.54) is 50.5 Å². The van der Waals surface area contributed by atoms with Crippen LogP contribution in [0.3, 0.4) is 0 Å². The highest BCUT2D eigenvalue weighted by Crippen LogP contribution is 2.76. The van der Waals surface area contributed by atoms with Gasteiger partial charge in [-0.15, -0.1) is 0 Å². The molecule has 46 heavy (non-hydrogen) atoms. The third kappa shape index (κ3) is 4.52. The summed E-state index contributed by atoms with van der Waals surface area (Å²) in [6, 6.07) is 7.56. The maximum absolute atomic E-state index is 13.7. The topological polar surface area (TPSA) is 98.7 Å². The number of allylic oxidation sites excluding steroid dienone is 2. The lowest BCUT2D eigenvalue weighted by Gasteiger charge is -2.72. The van der Waals surface area contributed by atoms with Gasteiger partial charge in [0.25, 0.3) is 0 Å². The molecule has 1 saturated heterocycles. The van der Waals surface area contributed by atoms with E-state index in [9.17, 15) is 19.5 Å². The number of rotatable bonds is 3. The van der Waals surface area contributed by atoms with Gasteiger partial charge in [0.05, 0.1) is 5.56 Å². The van der Waals surface area contributed by atoms with E-state index < -0.39 is 5.97 Å². The molecule has 1 aromatic carbocycles. The van der Waals surface area contributed by atoms with Crippen LogP contribution in [-0.2, 0) is 4.79 Å². The van der Waals surface area contributed by atoms with E-state index in [-0.39, 0.29) is 39.1 Å². The molecule has 7 rings (SSSR count). The van der Waals surface area contributed by atoms with E-state index in [2.05, 4.69) is 51.3 Å². The molecular weight excluding hydrogens is 574 g/mol. The number of carbonyl (C=O) groups is 3. The number of carbonyl (C=O) groups excluding carboxylic acids is 2. The number of carboxylic acids is 1. The van der Waals surface area contributed by atoms with Crippen molar-refractivity contribution in [3.8, 4) is 0 Å². The van der Waals surface area contributed by atoms with Gasteiger partial charge in [0.1, 0.15) is 0 Å². The van der Waals surface area contributed by atoms with E-state index >= 15 is 0 Å². The SMILES string of the molecule is CC1(C)C(c2ccc(C(=O)O)cc2)=CCC2(C)C1CC[C@]1(C)C2CCC2C3CCCC3(NC(=O)N3CCNC(=O)CC3)CC[C@]21C. The Kier molecular flexibility index (Phi) is 7.49. The van der Waals surface area contributed by atoms with Crippen molar-refractivity contribution >= 4 is 23.5 Å². The van der Waals surface area contributed by atoms with Crippen LogP contribution in [0.25, 0.3) is 5.57 Å². The van der Waals surface area contributed by atoms with Crippen LogP contribution in [0, 0.1) is 45.3 Å². The van der Waals surface area contributed by atoms with Crippen molar-refractivity contribution in [3.63, 3.8) is 0 Å². The summed E-state index contributed by atoms with van der Waals surface area (Å²) < 4.78 is 0. The van der Waals surface area contributed by atoms with Crippen molar-refractivity contribution in [1.29, 1.82) is 0 Å². The molecular formula is C39H55N3O4. The molecule has 1 aliphatic heterocycles. The molecule has 0 bridgehead atoms. The third-order valence-electron chi connectivity index (χ3n) is 15.3. The minimum atomic E-state index is -0.876. The van der Waals surface area contributed by atoms with Crippen LogP contribution >= 0.6 is 0 Å². The monoisotopic (exact) mass is 629 g/mol. The fourth-order valence-electron chi connectivity index (χ4n) is 12.9. The summed E-state index contributed by atoms with van der Waals surface area (Å²) in [5.41, 5.74) is 3.48. The largest absolute Gasteiger partial charge is 0.478 e. The summed E-state index contributed by atoms with van der Waals surface area (Å²) >= 11 is 0. The number of hydrogen-bond acceptors (Lipinski definition) is 3. The fourth-order valence-corrected chi connectivity index (χ4v) is 12.9. The molecule has 5 aliphatic carbocycles. The average Bonchev–Trinajstić information content (AvgIpc) is 3.29. The first-order valence-corrected chi connectivity index (χ1v) is 18.1. The molecule has 0 aromatic heterocycles. The minimum Gasteiger partial charge on any atom is -0.478 e. The van der Waals surface area contributed by atoms with Gasteiger partial charge in [-0.05, 0) is 126 Å². The van der Waals surface area contributed by atoms with Gasteiger partial charge >= 0.3 is 12.0 Å². The molecule has 3 amide bonds. The summed E-state index contributed by atoms with van der Waals surface area (Å²) in [6.07, 6.45) is 14.7. The zero-order chi connectivity index (χ0) is 32.7. The Labute approximate surface area is 275 Å². The number of nitrogens with zero attached hydrogens (tertiary/aromatic N) is 1. The number of urea groups is 1. The van der Waals surface area contributed by atoms with Crippen LogP contribution in [0.1, 0.15) is 121 Å². The lowest BCUT2D eigenvalue weighted by atomic mass is 9.33. The summed E-state index contributed by atoms with van der Waals surface area (Å²) in [5.74, 6) is 1.52. The van der Waals surface area contributed by atoms with Gasteiger partial charge < -0.3 is 20.6 Å². The quantitative estimate of drug-likeness (QED) is 0.322. The normalized spacial score (nSPS) is 41.5. The molecule has 7 nitrogen and oxygen atoms in total. The van der Waals surface area contributed by atoms with Crippen LogP contribution in [0.2, 0.25) is 0 Å². The summed E-state index contributed by atoms with van der Waals surface area (Å²) in [7, 11) is 0. The van der Waals surface area contributed by atoms with Crippen molar-refractivity contribution in [1.82, 2.24) is 15.5 Å². The average molecular weight is 630 g/mol. The first-order chi connectivity index (χ1) is 21.8. The van der Waals surface area contributed by atoms with E-state index in [0.717, 1.165) is 24.8 Å². The highest BCUT2D eigenvalue weighted by Gasteiger charge is 2.69. The predicted octanol–water partition coefficient (Wildman–Crippen LogP) is 7.52. The van der Waals surface area contributed by atoms with Crippen LogP contribution in [0.5, 0.6) is 0 Å². The standard InChI is InChI=1S/C39H55N3O4/c1-35(2)27(25-8-10-26(11-9-25)33(44)45)14-18-36(3)30(35)15-19-38(5)31(36)13-12-28-29-7-6-17-39(29,21-20-37(28,38)4)41-34(46)42-23-16-32(43)40-22-24-42/h8-11,14,28-31H,6-7,12-13,15-24H2,1-5H3,(H,40,43)(H,41,46)(H,44,45)/t28?,29?,30?,31?,36?,37-,38-,39?/m1/s1. The van der Waals surface area contributed by atoms with Crippen LogP contribution in [0.15, 0.2) is 30.3 Å². The fraction of sp³-hybridized carbons (Fsp3) is 0.718. The lowest BCUT2D eigenvalue weighted by molar-refractivity contribution is -0.216. The Morgan fingerprint density at radius 2 is 1.63 bits per heavy atom. The molecule has 6 aliphatic rings. The first kappa shape index (κ1) is 31.8. The van der Waals surface area contributed by atoms with Crippen molar-refractivity contribution in [2.75, 3.05) is 19.6 Å². The molecule has 0 radical (unpaired) electrons. The highest BCUT2D eigenvalue weighted by atomic mass is 16.4. The molecule has 8 atom stereocenters. The molecule has 4 saturated carbocycles. The molecule has 3 N–H and O–H groups in total. The van der Waals surface area contributed by atoms with Gasteiger partial charge in [-0.1, -0.05) is 59.2 Å². The first-order valence-electron chi connectivity index (χ1n) is 18.1. The Bertz CT molecular complexity index is 1450. The molecule has 1 aromatic rings. The molecule has 0 spiro atoms. The van der Waals surface area contributed by atoms with Crippen LogP contribution in [-0.4, -0.2) is 53.1 Å². The van der Waals surface area contributed by atoms with Gasteiger partial charge in [0.2, 0.25) is 5.91 Å². The van der Waals surface area contributed by atoms with Gasteiger partial charge in [-0.2, -0.15) is 0 Å². The second kappa shape index (κ2) is 10.8. The maximum Gasteiger partial charge on any atom is 0.335 e. The number of aromatic carboxylic acids is 1. The third-order valence-corrected chi connectivity index (χ3v) is 15.3. The van der Waals surface area contributed by atoms with Gasteiger partial charge in [-0.3, -0.25) is 4.79 Å². The summed E-state index contributed by atoms with van der Waals surface area (Å²) in [6.45, 7) is 14.4. The molecule has 6 unspecified atom stereocenters. The van der Waals surface area contributed by atoms with Crippen LogP contribution in [0.4, 0.5) is 4.79 Å². The minimum absolute atomic E-state index is 0.00173. The van der Waals surface area contributed by atoms with E-state index in [1.807, 2.05) is 17.0 Å². The van der Waals surface area contributed by atoms with Gasteiger partial charge in [-0.25, -0.2) is 9.59 Å². The van der Waals surface area contributed by atoms with Gasteiger partial charge in [0, 0.05) is 31.6 Å². The van der Waals surface area contributed by atoms with E-state index in [0.29, 0.717) is 55.3 Å². The van der Waals surface area contributed by atoms with Gasteiger partial charge in [0.15, 0.2) is 0 Å². The number of hydrogen-bond donors (Lipinski definition) is 3. The van der Waals surface area contributed by atoms with Crippen molar-refractivity contribution < 1.29 is 19.5 Å². The highest BCUT2D eigenvalue weighted by molar-refractivity contribution is 5.88. The maximum atomic E-state index is 13.7. The Morgan fingerprint density at radius 3 is 2.37 bits per heavy atom. The molecule has 5 fully saturated rings. The number of fused-ring (bicyclic) bond motifs is 7. The zero-order valence-corrected chi connectivity index (χ0v) is 28.7. The lowest BCUT2D eigenvalue weighted by Crippen LogP contribution is -2.68.